The molecule has 0 bridgehead atoms. The summed E-state index contributed by atoms with van der Waals surface area (Å²) in [5.41, 5.74) is 7.55. The van der Waals surface area contributed by atoms with E-state index in [1.54, 1.807) is 11.3 Å². The molecule has 2 aromatic carbocycles. The molecule has 6 rings (SSSR count). The molecule has 2 heterocycles. The predicted molar refractivity (Wildman–Crippen MR) is 151 cm³/mol. The first-order valence-corrected chi connectivity index (χ1v) is 14.1. The number of aromatic nitrogens is 1. The van der Waals surface area contributed by atoms with E-state index in [4.69, 9.17) is 4.74 Å². The number of carboxylic acid groups (broad SMARTS) is 1. The molecule has 1 atom stereocenters. The summed E-state index contributed by atoms with van der Waals surface area (Å²) in [7, 11) is 0. The lowest BCUT2D eigenvalue weighted by molar-refractivity contribution is -0.137. The molecular weight excluding hydrogens is 478 g/mol. The van der Waals surface area contributed by atoms with Crippen molar-refractivity contribution in [2.45, 2.75) is 58.5 Å². The number of ether oxygens (including phenoxy) is 1. The second-order valence-corrected chi connectivity index (χ2v) is 12.0. The number of thiophene rings is 1. The van der Waals surface area contributed by atoms with Gasteiger partial charge in [-0.1, -0.05) is 44.2 Å². The average molecular weight is 512 g/mol. The highest BCUT2D eigenvalue weighted by atomic mass is 32.1. The molecule has 190 valence electrons. The highest BCUT2D eigenvalue weighted by Crippen LogP contribution is 2.51. The van der Waals surface area contributed by atoms with Gasteiger partial charge in [0.1, 0.15) is 12.4 Å². The Kier molecular flexibility index (Phi) is 6.20. The van der Waals surface area contributed by atoms with Gasteiger partial charge < -0.3 is 14.8 Å². The molecule has 0 saturated heterocycles. The molecule has 0 radical (unpaired) electrons. The van der Waals surface area contributed by atoms with Crippen LogP contribution in [0, 0.1) is 11.3 Å². The number of carbonyl (C=O) groups is 1. The van der Waals surface area contributed by atoms with Crippen LogP contribution in [0.25, 0.3) is 26.9 Å². The normalized spacial score (nSPS) is 17.6. The van der Waals surface area contributed by atoms with Crippen LogP contribution in [0.5, 0.6) is 5.75 Å². The van der Waals surface area contributed by atoms with Gasteiger partial charge in [-0.25, -0.2) is 0 Å². The van der Waals surface area contributed by atoms with E-state index in [0.29, 0.717) is 12.5 Å². The Labute approximate surface area is 222 Å². The molecule has 37 heavy (non-hydrogen) atoms. The molecule has 0 amide bonds. The Balaban J connectivity index is 1.34. The van der Waals surface area contributed by atoms with Crippen LogP contribution >= 0.6 is 11.3 Å². The predicted octanol–water partition coefficient (Wildman–Crippen LogP) is 8.65. The van der Waals surface area contributed by atoms with Crippen LogP contribution < -0.4 is 4.74 Å². The number of fused-ring (bicyclic) bond motifs is 1. The molecule has 0 unspecified atom stereocenters. The molecule has 1 fully saturated rings. The second-order valence-electron chi connectivity index (χ2n) is 11.2. The van der Waals surface area contributed by atoms with E-state index in [9.17, 15) is 9.90 Å². The van der Waals surface area contributed by atoms with Crippen molar-refractivity contribution in [2.75, 3.05) is 0 Å². The van der Waals surface area contributed by atoms with Gasteiger partial charge in [-0.05, 0) is 83.7 Å². The first kappa shape index (κ1) is 24.1. The smallest absolute Gasteiger partial charge is 0.303 e. The molecule has 5 heteroatoms. The number of allylic oxidation sites excluding steroid dienone is 2. The van der Waals surface area contributed by atoms with Crippen LogP contribution in [0.15, 0.2) is 66.2 Å². The van der Waals surface area contributed by atoms with E-state index in [2.05, 4.69) is 66.7 Å². The Morgan fingerprint density at radius 2 is 2.03 bits per heavy atom. The maximum Gasteiger partial charge on any atom is 0.303 e. The minimum absolute atomic E-state index is 0.0654. The van der Waals surface area contributed by atoms with Crippen molar-refractivity contribution in [3.05, 3.63) is 82.9 Å². The van der Waals surface area contributed by atoms with Crippen LogP contribution in [-0.2, 0) is 11.4 Å². The summed E-state index contributed by atoms with van der Waals surface area (Å²) in [4.78, 5) is 16.1. The number of aliphatic carboxylic acids is 1. The Hall–Kier alpha value is -3.31. The minimum Gasteiger partial charge on any atom is -0.489 e. The second kappa shape index (κ2) is 9.53. The fraction of sp³-hybridized carbons (Fsp3) is 0.344. The monoisotopic (exact) mass is 511 g/mol. The first-order valence-electron chi connectivity index (χ1n) is 13.2. The lowest BCUT2D eigenvalue weighted by Crippen LogP contribution is -2.11. The molecule has 2 aliphatic carbocycles. The summed E-state index contributed by atoms with van der Waals surface area (Å²) >= 11 is 1.80. The summed E-state index contributed by atoms with van der Waals surface area (Å²) in [6, 6.07) is 16.7. The number of aromatic amines is 1. The molecule has 2 N–H and O–H groups in total. The SMILES string of the molecule is CC1(C)CCC=C1c1c(COc2cccc([C@@H](CC(=O)O)C3CC3)c2)csc1-c1cccc2[nH]ccc12. The summed E-state index contributed by atoms with van der Waals surface area (Å²) in [5, 5.41) is 12.9. The van der Waals surface area contributed by atoms with Crippen molar-refractivity contribution in [1.29, 1.82) is 0 Å². The van der Waals surface area contributed by atoms with Gasteiger partial charge in [0.05, 0.1) is 6.42 Å². The zero-order chi connectivity index (χ0) is 25.6. The quantitative estimate of drug-likeness (QED) is 0.236. The highest BCUT2D eigenvalue weighted by molar-refractivity contribution is 7.14. The first-order chi connectivity index (χ1) is 17.9. The zero-order valence-corrected chi connectivity index (χ0v) is 22.2. The van der Waals surface area contributed by atoms with Crippen LogP contribution in [0.1, 0.15) is 68.6 Å². The van der Waals surface area contributed by atoms with E-state index < -0.39 is 5.97 Å². The van der Waals surface area contributed by atoms with Crippen molar-refractivity contribution >= 4 is 33.8 Å². The molecule has 4 nitrogen and oxygen atoms in total. The summed E-state index contributed by atoms with van der Waals surface area (Å²) in [5.74, 6) is 0.615. The maximum absolute atomic E-state index is 11.5. The fourth-order valence-electron chi connectivity index (χ4n) is 5.94. The number of hydrogen-bond acceptors (Lipinski definition) is 3. The molecular formula is C32H33NO3S. The number of hydrogen-bond donors (Lipinski definition) is 2. The molecule has 2 aliphatic rings. The Morgan fingerprint density at radius 1 is 1.19 bits per heavy atom. The van der Waals surface area contributed by atoms with Crippen molar-refractivity contribution in [2.24, 2.45) is 11.3 Å². The fourth-order valence-corrected chi connectivity index (χ4v) is 7.05. The van der Waals surface area contributed by atoms with Crippen molar-refractivity contribution in [1.82, 2.24) is 4.98 Å². The highest BCUT2D eigenvalue weighted by Gasteiger charge is 2.34. The van der Waals surface area contributed by atoms with Gasteiger partial charge in [0.15, 0.2) is 0 Å². The lowest BCUT2D eigenvalue weighted by Gasteiger charge is -2.24. The van der Waals surface area contributed by atoms with Crippen LogP contribution in [0.3, 0.4) is 0 Å². The number of rotatable bonds is 9. The maximum atomic E-state index is 11.5. The third kappa shape index (κ3) is 4.73. The largest absolute Gasteiger partial charge is 0.489 e. The van der Waals surface area contributed by atoms with Crippen molar-refractivity contribution < 1.29 is 14.6 Å². The third-order valence-electron chi connectivity index (χ3n) is 8.09. The summed E-state index contributed by atoms with van der Waals surface area (Å²) in [6.45, 7) is 5.18. The third-order valence-corrected chi connectivity index (χ3v) is 9.15. The topological polar surface area (TPSA) is 62.3 Å². The summed E-state index contributed by atoms with van der Waals surface area (Å²) < 4.78 is 6.40. The van der Waals surface area contributed by atoms with Crippen LogP contribution in [-0.4, -0.2) is 16.1 Å². The Morgan fingerprint density at radius 3 is 2.78 bits per heavy atom. The molecule has 1 saturated carbocycles. The van der Waals surface area contributed by atoms with E-state index in [1.165, 1.54) is 32.5 Å². The number of H-pyrrole nitrogens is 1. The summed E-state index contributed by atoms with van der Waals surface area (Å²) in [6.07, 6.45) is 9.09. The van der Waals surface area contributed by atoms with E-state index >= 15 is 0 Å². The van der Waals surface area contributed by atoms with Gasteiger partial charge in [-0.3, -0.25) is 4.79 Å². The number of carboxylic acids is 1. The van der Waals surface area contributed by atoms with E-state index in [-0.39, 0.29) is 17.8 Å². The lowest BCUT2D eigenvalue weighted by atomic mass is 9.80. The molecule has 0 aliphatic heterocycles. The standard InChI is InChI=1S/C32H33NO3S/c1-32(2)14-5-9-27(32)30-22(19-37-31(30)25-8-4-10-28-24(25)13-15-33-28)18-36-23-7-3-6-21(16-23)26(17-29(34)35)20-11-12-20/h3-4,6-10,13,15-16,19-20,26,33H,5,11-12,14,17-18H2,1-2H3,(H,34,35)/t26-/m0/s1. The Bertz CT molecular complexity index is 1490. The van der Waals surface area contributed by atoms with Gasteiger partial charge in [-0.2, -0.15) is 0 Å². The van der Waals surface area contributed by atoms with Gasteiger partial charge >= 0.3 is 5.97 Å². The molecule has 4 aromatic rings. The van der Waals surface area contributed by atoms with Gasteiger partial charge in [-0.15, -0.1) is 11.3 Å². The van der Waals surface area contributed by atoms with E-state index in [1.807, 2.05) is 18.3 Å². The number of benzene rings is 2. The van der Waals surface area contributed by atoms with Gasteiger partial charge in [0.2, 0.25) is 0 Å². The minimum atomic E-state index is -0.733. The van der Waals surface area contributed by atoms with Crippen LogP contribution in [0.2, 0.25) is 0 Å². The van der Waals surface area contributed by atoms with Crippen LogP contribution in [0.4, 0.5) is 0 Å². The molecule has 0 spiro atoms. The zero-order valence-electron chi connectivity index (χ0n) is 21.4. The van der Waals surface area contributed by atoms with E-state index in [0.717, 1.165) is 42.5 Å². The van der Waals surface area contributed by atoms with Gasteiger partial charge in [0, 0.05) is 38.7 Å². The average Bonchev–Trinajstić information content (AvgIpc) is 3.28. The van der Waals surface area contributed by atoms with Crippen molar-refractivity contribution in [3.63, 3.8) is 0 Å². The number of nitrogens with one attached hydrogen (secondary N) is 1. The van der Waals surface area contributed by atoms with Crippen molar-refractivity contribution in [3.8, 4) is 16.2 Å². The molecule has 2 aromatic heterocycles. The van der Waals surface area contributed by atoms with Gasteiger partial charge in [0.25, 0.3) is 0 Å².